The molecule has 19 heavy (non-hydrogen) atoms. The third-order valence-corrected chi connectivity index (χ3v) is 3.08. The van der Waals surface area contributed by atoms with Gasteiger partial charge in [0, 0.05) is 0 Å². The Morgan fingerprint density at radius 1 is 1.26 bits per heavy atom. The minimum atomic E-state index is -1.09. The Hall–Kier alpha value is -1.59. The van der Waals surface area contributed by atoms with Crippen molar-refractivity contribution in [3.8, 4) is 0 Å². The molecule has 5 nitrogen and oxygen atoms in total. The molecule has 0 fully saturated rings. The maximum atomic E-state index is 10.9. The molecule has 2 atom stereocenters. The lowest BCUT2D eigenvalue weighted by atomic mass is 9.80. The third kappa shape index (κ3) is 4.89. The summed E-state index contributed by atoms with van der Waals surface area (Å²) in [5.74, 6) is 0. The average molecular weight is 266 g/mol. The molecule has 0 aliphatic heterocycles. The van der Waals surface area contributed by atoms with Crippen molar-refractivity contribution in [2.24, 2.45) is 5.41 Å². The number of carbonyl (C=O) groups is 1. The van der Waals surface area contributed by atoms with E-state index in [0.29, 0.717) is 6.42 Å². The number of hydrogen-bond acceptors (Lipinski definition) is 3. The Balaban J connectivity index is 2.87. The van der Waals surface area contributed by atoms with Gasteiger partial charge >= 0.3 is 6.09 Å². The Bertz CT molecular complexity index is 401. The van der Waals surface area contributed by atoms with Crippen molar-refractivity contribution in [3.63, 3.8) is 0 Å². The lowest BCUT2D eigenvalue weighted by molar-refractivity contribution is 0.0743. The quantitative estimate of drug-likeness (QED) is 0.616. The molecule has 0 spiro atoms. The molecule has 0 aromatic heterocycles. The van der Waals surface area contributed by atoms with Gasteiger partial charge in [-0.15, -0.1) is 0 Å². The van der Waals surface area contributed by atoms with Crippen LogP contribution in [0.4, 0.5) is 4.79 Å². The van der Waals surface area contributed by atoms with Gasteiger partial charge in [0.05, 0.1) is 12.1 Å². The van der Waals surface area contributed by atoms with Crippen molar-refractivity contribution in [1.82, 2.24) is 10.8 Å². The molecule has 4 N–H and O–H groups in total. The average Bonchev–Trinajstić information content (AvgIpc) is 2.33. The smallest absolute Gasteiger partial charge is 0.404 e. The first-order chi connectivity index (χ1) is 8.84. The molecule has 0 heterocycles. The van der Waals surface area contributed by atoms with Gasteiger partial charge in [-0.05, 0) is 17.4 Å². The van der Waals surface area contributed by atoms with Crippen LogP contribution in [0, 0.1) is 5.41 Å². The molecule has 1 aromatic rings. The number of amides is 1. The van der Waals surface area contributed by atoms with E-state index in [4.69, 9.17) is 5.11 Å². The van der Waals surface area contributed by atoms with E-state index in [-0.39, 0.29) is 5.41 Å². The van der Waals surface area contributed by atoms with Crippen LogP contribution in [0.1, 0.15) is 26.3 Å². The summed E-state index contributed by atoms with van der Waals surface area (Å²) in [6.45, 7) is 5.80. The zero-order valence-corrected chi connectivity index (χ0v) is 11.6. The standard InChI is InChI=1S/C14H22N2O3/c1-14(2,3)12(15-13(17)18)11(16-19)9-10-7-5-4-6-8-10/h4-8,11-12,15-16,19H,9H2,1-3H3,(H,17,18). The molecule has 1 aromatic carbocycles. The minimum absolute atomic E-state index is 0.312. The highest BCUT2D eigenvalue weighted by Crippen LogP contribution is 2.23. The number of hydrogen-bond donors (Lipinski definition) is 4. The van der Waals surface area contributed by atoms with Crippen LogP contribution in [0.2, 0.25) is 0 Å². The third-order valence-electron chi connectivity index (χ3n) is 3.08. The molecule has 0 radical (unpaired) electrons. The van der Waals surface area contributed by atoms with Crippen molar-refractivity contribution in [1.29, 1.82) is 0 Å². The molecule has 5 heteroatoms. The van der Waals surface area contributed by atoms with Gasteiger partial charge in [-0.3, -0.25) is 0 Å². The van der Waals surface area contributed by atoms with Crippen LogP contribution in [0.3, 0.4) is 0 Å². The maximum absolute atomic E-state index is 10.9. The second-order valence-corrected chi connectivity index (χ2v) is 5.72. The predicted molar refractivity (Wildman–Crippen MR) is 73.3 cm³/mol. The molecule has 1 amide bonds. The number of nitrogens with one attached hydrogen (secondary N) is 2. The van der Waals surface area contributed by atoms with E-state index in [1.54, 1.807) is 0 Å². The Morgan fingerprint density at radius 2 is 1.84 bits per heavy atom. The van der Waals surface area contributed by atoms with E-state index in [2.05, 4.69) is 10.8 Å². The molecule has 1 rings (SSSR count). The summed E-state index contributed by atoms with van der Waals surface area (Å²) in [4.78, 5) is 10.9. The van der Waals surface area contributed by atoms with Gasteiger partial charge in [0.25, 0.3) is 0 Å². The van der Waals surface area contributed by atoms with Gasteiger partial charge in [0.15, 0.2) is 0 Å². The van der Waals surface area contributed by atoms with Gasteiger partial charge < -0.3 is 15.6 Å². The monoisotopic (exact) mass is 266 g/mol. The highest BCUT2D eigenvalue weighted by molar-refractivity contribution is 5.65. The van der Waals surface area contributed by atoms with Crippen molar-refractivity contribution in [2.75, 3.05) is 0 Å². The van der Waals surface area contributed by atoms with Crippen LogP contribution < -0.4 is 10.8 Å². The maximum Gasteiger partial charge on any atom is 0.404 e. The first-order valence-corrected chi connectivity index (χ1v) is 6.27. The predicted octanol–water partition coefficient (Wildman–Crippen LogP) is 2.26. The van der Waals surface area contributed by atoms with E-state index in [1.165, 1.54) is 0 Å². The summed E-state index contributed by atoms with van der Waals surface area (Å²) in [6, 6.07) is 8.85. The molecular weight excluding hydrogens is 244 g/mol. The SMILES string of the molecule is CC(C)(C)C(NC(=O)O)C(Cc1ccccc1)NO. The molecule has 0 aliphatic carbocycles. The fourth-order valence-electron chi connectivity index (χ4n) is 2.16. The van der Waals surface area contributed by atoms with Gasteiger partial charge in [-0.2, -0.15) is 0 Å². The van der Waals surface area contributed by atoms with E-state index in [9.17, 15) is 10.0 Å². The van der Waals surface area contributed by atoms with Gasteiger partial charge in [-0.25, -0.2) is 10.3 Å². The fraction of sp³-hybridized carbons (Fsp3) is 0.500. The van der Waals surface area contributed by atoms with E-state index >= 15 is 0 Å². The molecule has 0 aliphatic rings. The van der Waals surface area contributed by atoms with Crippen molar-refractivity contribution >= 4 is 6.09 Å². The summed E-state index contributed by atoms with van der Waals surface area (Å²) in [5.41, 5.74) is 2.96. The summed E-state index contributed by atoms with van der Waals surface area (Å²) in [5, 5.41) is 20.8. The van der Waals surface area contributed by atoms with Crippen LogP contribution in [0.25, 0.3) is 0 Å². The minimum Gasteiger partial charge on any atom is -0.465 e. The normalized spacial score (nSPS) is 14.7. The second-order valence-electron chi connectivity index (χ2n) is 5.72. The topological polar surface area (TPSA) is 81.6 Å². The first kappa shape index (κ1) is 15.5. The molecule has 0 saturated heterocycles. The summed E-state index contributed by atoms with van der Waals surface area (Å²) in [7, 11) is 0. The fourth-order valence-corrected chi connectivity index (χ4v) is 2.16. The van der Waals surface area contributed by atoms with Crippen LogP contribution in [0.5, 0.6) is 0 Å². The number of benzene rings is 1. The Kier molecular flexibility index (Phi) is 5.32. The van der Waals surface area contributed by atoms with Crippen molar-refractivity contribution < 1.29 is 15.1 Å². The highest BCUT2D eigenvalue weighted by atomic mass is 16.5. The Morgan fingerprint density at radius 3 is 2.26 bits per heavy atom. The molecule has 0 bridgehead atoms. The molecule has 2 unspecified atom stereocenters. The van der Waals surface area contributed by atoms with E-state index < -0.39 is 18.2 Å². The lowest BCUT2D eigenvalue weighted by Crippen LogP contribution is -2.56. The number of carboxylic acid groups (broad SMARTS) is 1. The number of rotatable bonds is 5. The summed E-state index contributed by atoms with van der Waals surface area (Å²) < 4.78 is 0. The molecular formula is C14H22N2O3. The van der Waals surface area contributed by atoms with Crippen LogP contribution in [-0.2, 0) is 6.42 Å². The summed E-state index contributed by atoms with van der Waals surface area (Å²) in [6.07, 6.45) is -0.548. The van der Waals surface area contributed by atoms with Crippen LogP contribution in [0.15, 0.2) is 30.3 Å². The van der Waals surface area contributed by atoms with Crippen LogP contribution >= 0.6 is 0 Å². The zero-order chi connectivity index (χ0) is 14.5. The zero-order valence-electron chi connectivity index (χ0n) is 11.6. The summed E-state index contributed by atoms with van der Waals surface area (Å²) >= 11 is 0. The van der Waals surface area contributed by atoms with Crippen molar-refractivity contribution in [3.05, 3.63) is 35.9 Å². The molecule has 106 valence electrons. The number of hydroxylamine groups is 1. The molecule has 0 saturated carbocycles. The van der Waals surface area contributed by atoms with Gasteiger partial charge in [0.1, 0.15) is 0 Å². The Labute approximate surface area is 113 Å². The highest BCUT2D eigenvalue weighted by Gasteiger charge is 2.33. The van der Waals surface area contributed by atoms with Gasteiger partial charge in [-0.1, -0.05) is 51.1 Å². The largest absolute Gasteiger partial charge is 0.465 e. The van der Waals surface area contributed by atoms with E-state index in [1.807, 2.05) is 51.1 Å². The van der Waals surface area contributed by atoms with E-state index in [0.717, 1.165) is 5.56 Å². The van der Waals surface area contributed by atoms with Crippen LogP contribution in [-0.4, -0.2) is 28.5 Å². The first-order valence-electron chi connectivity index (χ1n) is 6.27. The van der Waals surface area contributed by atoms with Crippen molar-refractivity contribution in [2.45, 2.75) is 39.3 Å². The lowest BCUT2D eigenvalue weighted by Gasteiger charge is -2.36. The van der Waals surface area contributed by atoms with Gasteiger partial charge in [0.2, 0.25) is 0 Å². The second kappa shape index (κ2) is 6.54.